The molecule has 2 aliphatic heterocycles. The molecule has 0 fully saturated rings. The van der Waals surface area contributed by atoms with Crippen molar-refractivity contribution >= 4 is 114 Å². The topological polar surface area (TPSA) is 231 Å². The fraction of sp³-hybridized carbons (Fsp3) is 0.312. The van der Waals surface area contributed by atoms with Gasteiger partial charge in [-0.2, -0.15) is 0 Å². The van der Waals surface area contributed by atoms with Crippen molar-refractivity contribution in [1.82, 2.24) is 29.6 Å². The van der Waals surface area contributed by atoms with E-state index in [1.54, 1.807) is 73.3 Å². The minimum absolute atomic E-state index is 0.0421. The van der Waals surface area contributed by atoms with E-state index >= 15 is 28.8 Å². The molecule has 22 heteroatoms. The summed E-state index contributed by atoms with van der Waals surface area (Å²) >= 11 is 11.9. The van der Waals surface area contributed by atoms with Crippen LogP contribution >= 0.6 is 23.2 Å². The van der Waals surface area contributed by atoms with Crippen LogP contribution in [0.3, 0.4) is 0 Å². The third-order valence-electron chi connectivity index (χ3n) is 22.1. The van der Waals surface area contributed by atoms with Crippen LogP contribution in [0.25, 0.3) is 43.1 Å². The van der Waals surface area contributed by atoms with Crippen LogP contribution in [0.4, 0.5) is 0 Å². The number of halogens is 2. The molecule has 608 valence electrons. The number of imide groups is 2. The van der Waals surface area contributed by atoms with E-state index < -0.39 is 59.5 Å². The van der Waals surface area contributed by atoms with Gasteiger partial charge in [0, 0.05) is 93.8 Å². The summed E-state index contributed by atoms with van der Waals surface area (Å²) in [4.78, 5) is 139. The Morgan fingerprint density at radius 2 is 0.636 bits per heavy atom. The van der Waals surface area contributed by atoms with Crippen molar-refractivity contribution in [3.63, 3.8) is 0 Å². The fourth-order valence-electron chi connectivity index (χ4n) is 15.8. The Bertz CT molecular complexity index is 5280. The Balaban J connectivity index is 1.21. The van der Waals surface area contributed by atoms with Gasteiger partial charge < -0.3 is 38.2 Å². The number of benzene rings is 9. The van der Waals surface area contributed by atoms with E-state index in [1.807, 2.05) is 114 Å². The zero-order valence-corrected chi connectivity index (χ0v) is 70.5. The number of esters is 2. The summed E-state index contributed by atoms with van der Waals surface area (Å²) in [5.41, 5.74) is 7.76. The van der Waals surface area contributed by atoms with Gasteiger partial charge in [0.2, 0.25) is 11.8 Å². The molecule has 20 nitrogen and oxygen atoms in total. The lowest BCUT2D eigenvalue weighted by atomic mass is 9.80. The van der Waals surface area contributed by atoms with Crippen LogP contribution in [-0.2, 0) is 41.5 Å². The van der Waals surface area contributed by atoms with E-state index in [9.17, 15) is 9.59 Å². The molecule has 0 spiro atoms. The first-order valence-corrected chi connectivity index (χ1v) is 40.8. The van der Waals surface area contributed by atoms with Gasteiger partial charge in [0.1, 0.15) is 81.4 Å². The van der Waals surface area contributed by atoms with Gasteiger partial charge in [0.05, 0.1) is 35.3 Å². The number of nitrogens with zero attached hydrogens (tertiary/aromatic N) is 6. The number of aryl methyl sites for hydroxylation is 4. The van der Waals surface area contributed by atoms with Gasteiger partial charge in [-0.25, -0.2) is 9.59 Å². The molecule has 0 radical (unpaired) electrons. The molecule has 2 aliphatic rings. The second-order valence-corrected chi connectivity index (χ2v) is 32.6. The Labute approximate surface area is 696 Å². The molecule has 2 aromatic heterocycles. The van der Waals surface area contributed by atoms with Crippen molar-refractivity contribution in [2.24, 2.45) is 0 Å². The molecule has 118 heavy (non-hydrogen) atoms. The van der Waals surface area contributed by atoms with Gasteiger partial charge in [-0.1, -0.05) is 154 Å². The Morgan fingerprint density at radius 1 is 0.373 bits per heavy atom. The van der Waals surface area contributed by atoms with Crippen LogP contribution in [0.1, 0.15) is 203 Å². The lowest BCUT2D eigenvalue weighted by Crippen LogP contribution is -2.56. The summed E-state index contributed by atoms with van der Waals surface area (Å²) in [6.07, 6.45) is 6.70. The van der Waals surface area contributed by atoms with Crippen molar-refractivity contribution < 1.29 is 66.8 Å². The largest absolute Gasteiger partial charge is 0.460 e. The van der Waals surface area contributed by atoms with E-state index in [4.69, 9.17) is 51.6 Å². The van der Waals surface area contributed by atoms with Crippen LogP contribution in [0, 0.1) is 27.7 Å². The van der Waals surface area contributed by atoms with Gasteiger partial charge in [0.15, 0.2) is 0 Å². The summed E-state index contributed by atoms with van der Waals surface area (Å²) in [6.45, 7) is 34.4. The van der Waals surface area contributed by atoms with E-state index in [0.717, 1.165) is 32.1 Å². The molecule has 13 rings (SSSR count). The van der Waals surface area contributed by atoms with Crippen molar-refractivity contribution in [2.45, 2.75) is 158 Å². The maximum atomic E-state index is 17.0. The molecule has 0 N–H and O–H groups in total. The van der Waals surface area contributed by atoms with Crippen molar-refractivity contribution in [2.75, 3.05) is 39.4 Å². The van der Waals surface area contributed by atoms with Gasteiger partial charge in [0.25, 0.3) is 23.6 Å². The number of carbonyl (C=O) groups is 8. The maximum absolute atomic E-state index is 17.0. The molecule has 11 aromatic rings. The SMILES string of the molecule is C=C(Cl)C(=O)OCCN(CCC)C(=O)C(Cc1ccncc1)N1C(=O)c2cc(Oc3ccc(C(C)C)cc3C)c3c4c(Oc5ccc(C(C)C)cc5C)cc5c6c(cc(Oc7ccc(C(C)C)cc7C)c(c7c(Oc8ccc(C(C)C)cc8C)cc(c2c37)C1=O)c64)C(=O)N(C(Cc1ccncc1)C(=O)N(CCC)CCOC(=O)C(=C)Cl)C5=O. The lowest BCUT2D eigenvalue weighted by Gasteiger charge is -2.37. The number of hydrogen-bond acceptors (Lipinski definition) is 16. The minimum atomic E-state index is -1.56. The predicted octanol–water partition coefficient (Wildman–Crippen LogP) is 20.9. The van der Waals surface area contributed by atoms with Crippen LogP contribution < -0.4 is 18.9 Å². The van der Waals surface area contributed by atoms with E-state index in [-0.39, 0.29) is 174 Å². The van der Waals surface area contributed by atoms with Crippen LogP contribution in [0.5, 0.6) is 46.0 Å². The summed E-state index contributed by atoms with van der Waals surface area (Å²) in [5.74, 6) is -4.51. The number of ether oxygens (including phenoxy) is 6. The van der Waals surface area contributed by atoms with Crippen molar-refractivity contribution in [3.05, 3.63) is 247 Å². The third-order valence-corrected chi connectivity index (χ3v) is 22.4. The smallest absolute Gasteiger partial charge is 0.349 e. The molecule has 0 aliphatic carbocycles. The van der Waals surface area contributed by atoms with Crippen LogP contribution in [0.2, 0.25) is 0 Å². The molecular formula is C96H96Cl2N6O14. The molecular weight excluding hydrogens is 1530 g/mol. The van der Waals surface area contributed by atoms with E-state index in [1.165, 1.54) is 9.80 Å². The fourth-order valence-corrected chi connectivity index (χ4v) is 15.9. The Morgan fingerprint density at radius 3 is 0.864 bits per heavy atom. The standard InChI is InChI=1S/C96H96Cl2N6O14/c1-17-35-101(37-39-113-95(111)59(15)97)93(109)71(45-61-27-31-99-32-28-61)103-89(105)67-47-77(115-73-23-19-63(51(3)4)41-55(73)11)83-85-79(117-75-25-21-65(53(7)8)43-57(75)13)49-69-82-70(92(108)104(91(69)107)72(46-62-29-33-100-34-30-62)94(110)102(36-18-2)38-40-114-96(112)60(16)98)50-80(118-76-26-22-66(54(9)10)44-58(76)14)86(88(82)85)84-78(48-68(90(103)106)81(67)87(83)84)116-74-24-20-64(52(5)6)42-56(74)12/h19-34,41-44,47-54,71-72H,15-18,35-40,45-46H2,1-14H3. The zero-order valence-electron chi connectivity index (χ0n) is 69.0. The number of rotatable bonds is 32. The molecule has 4 heterocycles. The molecule has 0 saturated carbocycles. The number of aromatic nitrogens is 2. The van der Waals surface area contributed by atoms with Gasteiger partial charge >= 0.3 is 11.9 Å². The van der Waals surface area contributed by atoms with Crippen LogP contribution in [-0.4, -0.2) is 128 Å². The maximum Gasteiger partial charge on any atom is 0.349 e. The highest BCUT2D eigenvalue weighted by Crippen LogP contribution is 2.59. The molecule has 0 bridgehead atoms. The second kappa shape index (κ2) is 35.1. The molecule has 2 atom stereocenters. The number of pyridine rings is 2. The van der Waals surface area contributed by atoms with E-state index in [0.29, 0.717) is 69.2 Å². The summed E-state index contributed by atoms with van der Waals surface area (Å²) in [6, 6.07) is 33.4. The molecule has 9 aromatic carbocycles. The third kappa shape index (κ3) is 16.6. The average Bonchev–Trinajstić information content (AvgIpc) is 0.669. The Kier molecular flexibility index (Phi) is 24.9. The minimum Gasteiger partial charge on any atom is -0.460 e. The molecule has 2 unspecified atom stereocenters. The summed E-state index contributed by atoms with van der Waals surface area (Å²) in [7, 11) is 0. The lowest BCUT2D eigenvalue weighted by molar-refractivity contribution is -0.142. The summed E-state index contributed by atoms with van der Waals surface area (Å²) in [5, 5.41) is 0.984. The first-order valence-electron chi connectivity index (χ1n) is 40.0. The first-order chi connectivity index (χ1) is 56.4. The van der Waals surface area contributed by atoms with E-state index in [2.05, 4.69) is 78.5 Å². The monoisotopic (exact) mass is 1630 g/mol. The quantitative estimate of drug-likeness (QED) is 0.0125. The number of hydrogen-bond donors (Lipinski definition) is 0. The van der Waals surface area contributed by atoms with Crippen molar-refractivity contribution in [1.29, 1.82) is 0 Å². The molecule has 6 amide bonds. The first kappa shape index (κ1) is 83.9. The highest BCUT2D eigenvalue weighted by atomic mass is 35.5. The number of carbonyl (C=O) groups excluding carboxylic acids is 8. The van der Waals surface area contributed by atoms with Gasteiger partial charge in [-0.05, 0) is 193 Å². The Hall–Kier alpha value is -12.0. The van der Waals surface area contributed by atoms with Gasteiger partial charge in [-0.3, -0.25) is 48.5 Å². The van der Waals surface area contributed by atoms with Crippen molar-refractivity contribution in [3.8, 4) is 46.0 Å². The normalized spacial score (nSPS) is 13.2. The highest BCUT2D eigenvalue weighted by molar-refractivity contribution is 6.45. The zero-order chi connectivity index (χ0) is 84.6. The molecule has 0 saturated heterocycles. The summed E-state index contributed by atoms with van der Waals surface area (Å²) < 4.78 is 41.1. The highest BCUT2D eigenvalue weighted by Gasteiger charge is 2.48. The number of fused-ring (bicyclic) bond motifs is 2. The second-order valence-electron chi connectivity index (χ2n) is 31.7. The van der Waals surface area contributed by atoms with Gasteiger partial charge in [-0.15, -0.1) is 0 Å². The average molecular weight is 1630 g/mol. The van der Waals surface area contributed by atoms with Crippen LogP contribution in [0.15, 0.2) is 169 Å². The number of amides is 6. The predicted molar refractivity (Wildman–Crippen MR) is 459 cm³/mol.